The molecule has 0 spiro atoms. The number of benzene rings is 1. The molecule has 0 saturated carbocycles. The van der Waals surface area contributed by atoms with Gasteiger partial charge in [-0.25, -0.2) is 0 Å². The van der Waals surface area contributed by atoms with E-state index in [1.54, 1.807) is 0 Å². The second-order valence-corrected chi connectivity index (χ2v) is 5.46. The van der Waals surface area contributed by atoms with Gasteiger partial charge in [-0.3, -0.25) is 0 Å². The van der Waals surface area contributed by atoms with Crippen molar-refractivity contribution in [1.82, 2.24) is 0 Å². The Morgan fingerprint density at radius 1 is 0.900 bits per heavy atom. The largest absolute Gasteiger partial charge is 0.494 e. The number of aliphatic hydroxyl groups is 1. The molecule has 0 heterocycles. The predicted octanol–water partition coefficient (Wildman–Crippen LogP) is 5.26. The van der Waals surface area contributed by atoms with E-state index in [9.17, 15) is 5.11 Å². The maximum atomic E-state index is 9.71. The molecule has 1 atom stereocenters. The lowest BCUT2D eigenvalue weighted by atomic mass is 10.1. The van der Waals surface area contributed by atoms with Crippen LogP contribution in [0.2, 0.25) is 0 Å². The maximum absolute atomic E-state index is 9.71. The average molecular weight is 278 g/mol. The third-order valence-electron chi connectivity index (χ3n) is 3.67. The van der Waals surface area contributed by atoms with E-state index in [1.165, 1.54) is 38.5 Å². The molecule has 0 aliphatic carbocycles. The Morgan fingerprint density at radius 3 is 2.10 bits per heavy atom. The number of aliphatic hydroxyl groups excluding tert-OH is 1. The Labute approximate surface area is 124 Å². The molecule has 0 aliphatic heterocycles. The summed E-state index contributed by atoms with van der Waals surface area (Å²) in [5, 5.41) is 9.71. The Hall–Kier alpha value is -1.02. The molecule has 2 heteroatoms. The van der Waals surface area contributed by atoms with E-state index >= 15 is 0 Å². The van der Waals surface area contributed by atoms with Crippen LogP contribution in [0.25, 0.3) is 0 Å². The van der Waals surface area contributed by atoms with Gasteiger partial charge in [0.1, 0.15) is 5.75 Å². The summed E-state index contributed by atoms with van der Waals surface area (Å²) >= 11 is 0. The lowest BCUT2D eigenvalue weighted by molar-refractivity contribution is 0.173. The molecule has 0 radical (unpaired) electrons. The molecule has 0 saturated heterocycles. The molecule has 1 aromatic rings. The highest BCUT2D eigenvalue weighted by Gasteiger charge is 2.04. The van der Waals surface area contributed by atoms with Crippen LogP contribution in [0.1, 0.15) is 76.9 Å². The van der Waals surface area contributed by atoms with Gasteiger partial charge < -0.3 is 9.84 Å². The summed E-state index contributed by atoms with van der Waals surface area (Å²) < 4.78 is 5.72. The summed E-state index contributed by atoms with van der Waals surface area (Å²) in [6, 6.07) is 7.81. The van der Waals surface area contributed by atoms with Gasteiger partial charge in [-0.15, -0.1) is 0 Å². The van der Waals surface area contributed by atoms with Crippen LogP contribution in [-0.2, 0) is 0 Å². The SMILES string of the molecule is CCCCCCCCCOc1ccc(C(O)CC)cc1. The lowest BCUT2D eigenvalue weighted by Crippen LogP contribution is -1.99. The van der Waals surface area contributed by atoms with Crippen molar-refractivity contribution in [3.05, 3.63) is 29.8 Å². The quantitative estimate of drug-likeness (QED) is 0.559. The molecule has 1 aromatic carbocycles. The van der Waals surface area contributed by atoms with Gasteiger partial charge in [0.05, 0.1) is 12.7 Å². The summed E-state index contributed by atoms with van der Waals surface area (Å²) in [7, 11) is 0. The number of rotatable bonds is 11. The standard InChI is InChI=1S/C18H30O2/c1-3-5-6-7-8-9-10-15-20-17-13-11-16(12-14-17)18(19)4-2/h11-14,18-19H,3-10,15H2,1-2H3. The van der Waals surface area contributed by atoms with Crippen molar-refractivity contribution in [3.8, 4) is 5.75 Å². The number of ether oxygens (including phenoxy) is 1. The summed E-state index contributed by atoms with van der Waals surface area (Å²) in [5.74, 6) is 0.906. The number of hydrogen-bond donors (Lipinski definition) is 1. The molecule has 0 bridgehead atoms. The first-order chi connectivity index (χ1) is 9.77. The zero-order valence-electron chi connectivity index (χ0n) is 13.1. The Balaban J connectivity index is 2.10. The van der Waals surface area contributed by atoms with Crippen LogP contribution in [0.4, 0.5) is 0 Å². The van der Waals surface area contributed by atoms with Crippen LogP contribution in [-0.4, -0.2) is 11.7 Å². The molecule has 0 amide bonds. The van der Waals surface area contributed by atoms with Gasteiger partial charge in [0.2, 0.25) is 0 Å². The van der Waals surface area contributed by atoms with E-state index < -0.39 is 0 Å². The molecule has 0 aliphatic rings. The molecule has 1 N–H and O–H groups in total. The minimum atomic E-state index is -0.354. The highest BCUT2D eigenvalue weighted by Crippen LogP contribution is 2.20. The number of unbranched alkanes of at least 4 members (excludes halogenated alkanes) is 6. The van der Waals surface area contributed by atoms with Gasteiger partial charge in [-0.2, -0.15) is 0 Å². The fourth-order valence-electron chi connectivity index (χ4n) is 2.27. The van der Waals surface area contributed by atoms with E-state index in [1.807, 2.05) is 31.2 Å². The smallest absolute Gasteiger partial charge is 0.119 e. The highest BCUT2D eigenvalue weighted by molar-refractivity contribution is 5.28. The van der Waals surface area contributed by atoms with Crippen LogP contribution in [0.5, 0.6) is 5.75 Å². The van der Waals surface area contributed by atoms with Crippen molar-refractivity contribution in [2.45, 2.75) is 71.3 Å². The van der Waals surface area contributed by atoms with Crippen LogP contribution in [0.3, 0.4) is 0 Å². The molecule has 2 nitrogen and oxygen atoms in total. The molecular weight excluding hydrogens is 248 g/mol. The monoisotopic (exact) mass is 278 g/mol. The second-order valence-electron chi connectivity index (χ2n) is 5.46. The van der Waals surface area contributed by atoms with E-state index in [2.05, 4.69) is 6.92 Å². The van der Waals surface area contributed by atoms with Gasteiger partial charge in [0, 0.05) is 0 Å². The summed E-state index contributed by atoms with van der Waals surface area (Å²) in [5.41, 5.74) is 0.968. The van der Waals surface area contributed by atoms with E-state index in [4.69, 9.17) is 4.74 Å². The molecule has 1 rings (SSSR count). The fourth-order valence-corrected chi connectivity index (χ4v) is 2.27. The molecule has 114 valence electrons. The van der Waals surface area contributed by atoms with Gasteiger partial charge in [-0.1, -0.05) is 64.5 Å². The van der Waals surface area contributed by atoms with Crippen LogP contribution in [0, 0.1) is 0 Å². The Morgan fingerprint density at radius 2 is 1.50 bits per heavy atom. The van der Waals surface area contributed by atoms with Crippen LogP contribution < -0.4 is 4.74 Å². The van der Waals surface area contributed by atoms with Gasteiger partial charge in [0.25, 0.3) is 0 Å². The fraction of sp³-hybridized carbons (Fsp3) is 0.667. The summed E-state index contributed by atoms with van der Waals surface area (Å²) in [6.45, 7) is 5.03. The minimum Gasteiger partial charge on any atom is -0.494 e. The van der Waals surface area contributed by atoms with Gasteiger partial charge >= 0.3 is 0 Å². The van der Waals surface area contributed by atoms with Gasteiger partial charge in [-0.05, 0) is 30.5 Å². The minimum absolute atomic E-state index is 0.354. The summed E-state index contributed by atoms with van der Waals surface area (Å²) in [4.78, 5) is 0. The van der Waals surface area contributed by atoms with Crippen molar-refractivity contribution in [2.24, 2.45) is 0 Å². The molecule has 0 aromatic heterocycles. The van der Waals surface area contributed by atoms with Crippen molar-refractivity contribution >= 4 is 0 Å². The molecule has 1 unspecified atom stereocenters. The first-order valence-corrected chi connectivity index (χ1v) is 8.18. The van der Waals surface area contributed by atoms with E-state index in [0.29, 0.717) is 0 Å². The lowest BCUT2D eigenvalue weighted by Gasteiger charge is -2.10. The Bertz CT molecular complexity index is 332. The van der Waals surface area contributed by atoms with E-state index in [-0.39, 0.29) is 6.10 Å². The normalized spacial score (nSPS) is 12.3. The molecular formula is C18H30O2. The van der Waals surface area contributed by atoms with Crippen molar-refractivity contribution < 1.29 is 9.84 Å². The van der Waals surface area contributed by atoms with Crippen molar-refractivity contribution in [3.63, 3.8) is 0 Å². The summed E-state index contributed by atoms with van der Waals surface area (Å²) in [6.07, 6.45) is 9.52. The average Bonchev–Trinajstić information content (AvgIpc) is 2.50. The third-order valence-corrected chi connectivity index (χ3v) is 3.67. The first-order valence-electron chi connectivity index (χ1n) is 8.18. The van der Waals surface area contributed by atoms with Crippen LogP contribution >= 0.6 is 0 Å². The van der Waals surface area contributed by atoms with E-state index in [0.717, 1.165) is 30.8 Å². The zero-order valence-corrected chi connectivity index (χ0v) is 13.1. The third kappa shape index (κ3) is 6.95. The first kappa shape index (κ1) is 17.0. The Kier molecular flexibility index (Phi) is 9.14. The molecule has 20 heavy (non-hydrogen) atoms. The van der Waals surface area contributed by atoms with Gasteiger partial charge in [0.15, 0.2) is 0 Å². The topological polar surface area (TPSA) is 29.5 Å². The predicted molar refractivity (Wildman–Crippen MR) is 85.2 cm³/mol. The number of hydrogen-bond acceptors (Lipinski definition) is 2. The second kappa shape index (κ2) is 10.7. The van der Waals surface area contributed by atoms with Crippen molar-refractivity contribution in [2.75, 3.05) is 6.61 Å². The highest BCUT2D eigenvalue weighted by atomic mass is 16.5. The zero-order chi connectivity index (χ0) is 14.6. The molecule has 0 fully saturated rings. The van der Waals surface area contributed by atoms with Crippen LogP contribution in [0.15, 0.2) is 24.3 Å². The maximum Gasteiger partial charge on any atom is 0.119 e. The van der Waals surface area contributed by atoms with Crippen molar-refractivity contribution in [1.29, 1.82) is 0 Å².